The number of pyridine rings is 1. The normalized spacial score (nSPS) is 17.0. The molecule has 33 heavy (non-hydrogen) atoms. The molecule has 1 aliphatic heterocycles. The van der Waals surface area contributed by atoms with Gasteiger partial charge in [0.1, 0.15) is 18.8 Å². The average Bonchev–Trinajstić information content (AvgIpc) is 3.29. The molecule has 12 nitrogen and oxygen atoms in total. The van der Waals surface area contributed by atoms with Crippen molar-refractivity contribution in [1.82, 2.24) is 25.8 Å². The molecular weight excluding hydrogens is 437 g/mol. The number of amides is 3. The van der Waals surface area contributed by atoms with Crippen molar-refractivity contribution >= 4 is 29.7 Å². The highest BCUT2D eigenvalue weighted by molar-refractivity contribution is 5.95. The summed E-state index contributed by atoms with van der Waals surface area (Å²) < 4.78 is 13.0. The summed E-state index contributed by atoms with van der Waals surface area (Å²) in [7, 11) is 0. The first-order valence-corrected chi connectivity index (χ1v) is 10.4. The second kappa shape index (κ2) is 12.3. The number of hydrogen-bond acceptors (Lipinski definition) is 6. The third kappa shape index (κ3) is 7.40. The van der Waals surface area contributed by atoms with Crippen LogP contribution in [0.4, 0.5) is 9.18 Å². The van der Waals surface area contributed by atoms with Gasteiger partial charge in [0.2, 0.25) is 5.91 Å². The number of Topliss-reactive ketones (excluding diaryl/α,β-unsaturated/α-hetero) is 1. The van der Waals surface area contributed by atoms with Gasteiger partial charge in [-0.05, 0) is 31.7 Å². The molecule has 2 unspecified atom stereocenters. The van der Waals surface area contributed by atoms with Crippen molar-refractivity contribution in [3.05, 3.63) is 30.1 Å². The van der Waals surface area contributed by atoms with Gasteiger partial charge in [-0.2, -0.15) is 0 Å². The second-order valence-electron chi connectivity index (χ2n) is 7.50. The van der Waals surface area contributed by atoms with E-state index in [0.29, 0.717) is 24.8 Å². The highest BCUT2D eigenvalue weighted by Crippen LogP contribution is 2.24. The summed E-state index contributed by atoms with van der Waals surface area (Å²) in [6.07, 6.45) is 2.70. The number of nitrogens with zero attached hydrogens (tertiary/aromatic N) is 2. The quantitative estimate of drug-likeness (QED) is 0.145. The Morgan fingerprint density at radius 2 is 2.09 bits per heavy atom. The van der Waals surface area contributed by atoms with E-state index in [1.807, 2.05) is 0 Å². The molecule has 180 valence electrons. The maximum Gasteiger partial charge on any atom is 0.405 e. The number of ketones is 1. The first kappa shape index (κ1) is 25.5. The summed E-state index contributed by atoms with van der Waals surface area (Å²) >= 11 is 0. The van der Waals surface area contributed by atoms with Crippen LogP contribution >= 0.6 is 0 Å². The Labute approximate surface area is 189 Å². The molecule has 1 aromatic rings. The lowest BCUT2D eigenvalue weighted by molar-refractivity contribution is -0.140. The Hall–Kier alpha value is -3.77. The largest absolute Gasteiger partial charge is 0.465 e. The molecule has 0 spiro atoms. The van der Waals surface area contributed by atoms with Crippen LogP contribution in [0.25, 0.3) is 0 Å². The van der Waals surface area contributed by atoms with E-state index in [1.54, 1.807) is 12.1 Å². The van der Waals surface area contributed by atoms with Crippen LogP contribution in [0.15, 0.2) is 24.5 Å². The Morgan fingerprint density at radius 3 is 2.70 bits per heavy atom. The molecule has 1 saturated heterocycles. The summed E-state index contributed by atoms with van der Waals surface area (Å²) in [4.78, 5) is 54.5. The number of guanidine groups is 1. The molecule has 2 heterocycles. The minimum Gasteiger partial charge on any atom is -0.465 e. The van der Waals surface area contributed by atoms with Crippen LogP contribution in [-0.4, -0.2) is 76.5 Å². The smallest absolute Gasteiger partial charge is 0.405 e. The number of nitrogens with one attached hydrogen (secondary N) is 4. The fraction of sp³-hybridized carbons (Fsp3) is 0.500. The number of likely N-dealkylation sites (tertiary alicyclic amines) is 1. The number of aromatic nitrogens is 1. The molecule has 0 aliphatic carbocycles. The molecule has 3 atom stereocenters. The molecule has 1 aliphatic rings. The van der Waals surface area contributed by atoms with E-state index in [1.165, 1.54) is 17.3 Å². The van der Waals surface area contributed by atoms with Crippen LogP contribution in [0.1, 0.15) is 37.3 Å². The number of carboxylic acid groups (broad SMARTS) is 1. The van der Waals surface area contributed by atoms with Crippen molar-refractivity contribution in [2.75, 3.05) is 19.8 Å². The molecule has 0 saturated carbocycles. The van der Waals surface area contributed by atoms with E-state index in [9.17, 15) is 28.7 Å². The number of carbonyl (C=O) groups is 4. The standard InChI is InChI=1S/C20H28FN7O5/c21-10-15(29)13(5-2-8-25-19(22)23)26-17(30)14-6-3-9-28(14)18(31)16(27-20(32)33)12-4-1-7-24-11-12/h1,4,7,11,13-14,16,27H,2-3,5-6,8-10H2,(H,26,30)(H,32,33)(H4,22,23,25)/t13?,14-,16?/m0/s1. The minimum atomic E-state index is -1.41. The van der Waals surface area contributed by atoms with Crippen LogP contribution in [0.5, 0.6) is 0 Å². The fourth-order valence-electron chi connectivity index (χ4n) is 3.63. The van der Waals surface area contributed by atoms with Crippen LogP contribution in [0.2, 0.25) is 0 Å². The number of alkyl halides is 1. The Kier molecular flexibility index (Phi) is 9.51. The molecule has 1 fully saturated rings. The molecule has 13 heteroatoms. The van der Waals surface area contributed by atoms with Gasteiger partial charge >= 0.3 is 6.09 Å². The maximum absolute atomic E-state index is 13.2. The maximum atomic E-state index is 13.2. The lowest BCUT2D eigenvalue weighted by Crippen LogP contribution is -2.53. The predicted octanol–water partition coefficient (Wildman–Crippen LogP) is -0.332. The summed E-state index contributed by atoms with van der Waals surface area (Å²) in [5.74, 6) is -2.29. The number of halogens is 1. The Balaban J connectivity index is 2.11. The lowest BCUT2D eigenvalue weighted by Gasteiger charge is -2.29. The van der Waals surface area contributed by atoms with Gasteiger partial charge in [-0.15, -0.1) is 0 Å². The van der Waals surface area contributed by atoms with E-state index in [4.69, 9.17) is 11.1 Å². The van der Waals surface area contributed by atoms with Gasteiger partial charge < -0.3 is 31.7 Å². The zero-order valence-corrected chi connectivity index (χ0v) is 17.9. The molecule has 3 amide bonds. The average molecular weight is 465 g/mol. The topological polar surface area (TPSA) is 191 Å². The number of carbonyl (C=O) groups excluding carboxylic acids is 3. The zero-order valence-electron chi connectivity index (χ0n) is 17.9. The molecule has 0 bridgehead atoms. The monoisotopic (exact) mass is 465 g/mol. The Morgan fingerprint density at radius 1 is 1.33 bits per heavy atom. The summed E-state index contributed by atoms with van der Waals surface area (Å²) in [5.41, 5.74) is 5.51. The van der Waals surface area contributed by atoms with Gasteiger partial charge in [-0.1, -0.05) is 6.07 Å². The van der Waals surface area contributed by atoms with Crippen molar-refractivity contribution in [3.8, 4) is 0 Å². The number of rotatable bonds is 11. The minimum absolute atomic E-state index is 0.119. The first-order chi connectivity index (χ1) is 15.7. The third-order valence-corrected chi connectivity index (χ3v) is 5.19. The van der Waals surface area contributed by atoms with E-state index in [-0.39, 0.29) is 25.5 Å². The van der Waals surface area contributed by atoms with Crippen molar-refractivity contribution in [2.45, 2.75) is 43.8 Å². The van der Waals surface area contributed by atoms with Crippen molar-refractivity contribution in [3.63, 3.8) is 0 Å². The third-order valence-electron chi connectivity index (χ3n) is 5.19. The zero-order chi connectivity index (χ0) is 24.4. The molecule has 2 rings (SSSR count). The summed E-state index contributed by atoms with van der Waals surface area (Å²) in [5, 5.41) is 23.5. The number of hydrogen-bond donors (Lipinski definition) is 6. The van der Waals surface area contributed by atoms with Crippen LogP contribution in [0, 0.1) is 5.41 Å². The van der Waals surface area contributed by atoms with Crippen molar-refractivity contribution in [2.24, 2.45) is 5.73 Å². The van der Waals surface area contributed by atoms with Gasteiger partial charge in [0.25, 0.3) is 5.91 Å². The highest BCUT2D eigenvalue weighted by atomic mass is 19.1. The Bertz CT molecular complexity index is 870. The van der Waals surface area contributed by atoms with Gasteiger partial charge in [-0.25, -0.2) is 9.18 Å². The summed E-state index contributed by atoms with van der Waals surface area (Å²) in [6, 6.07) is -0.188. The van der Waals surface area contributed by atoms with E-state index in [2.05, 4.69) is 20.9 Å². The van der Waals surface area contributed by atoms with Gasteiger partial charge in [-0.3, -0.25) is 24.8 Å². The van der Waals surface area contributed by atoms with Gasteiger partial charge in [0.15, 0.2) is 11.7 Å². The SMILES string of the molecule is N=C(N)NCCCC(NC(=O)[C@@H]1CCCN1C(=O)C(NC(=O)O)c1cccnc1)C(=O)CF. The molecule has 1 aromatic heterocycles. The second-order valence-corrected chi connectivity index (χ2v) is 7.50. The van der Waals surface area contributed by atoms with Crippen LogP contribution in [0.3, 0.4) is 0 Å². The van der Waals surface area contributed by atoms with Crippen molar-refractivity contribution < 1.29 is 28.7 Å². The lowest BCUT2D eigenvalue weighted by atomic mass is 10.0. The number of nitrogens with two attached hydrogens (primary N) is 1. The van der Waals surface area contributed by atoms with Gasteiger partial charge in [0, 0.05) is 31.0 Å². The highest BCUT2D eigenvalue weighted by Gasteiger charge is 2.39. The molecule has 7 N–H and O–H groups in total. The molecule has 0 aromatic carbocycles. The first-order valence-electron chi connectivity index (χ1n) is 10.4. The molecule has 0 radical (unpaired) electrons. The van der Waals surface area contributed by atoms with E-state index >= 15 is 0 Å². The summed E-state index contributed by atoms with van der Waals surface area (Å²) in [6.45, 7) is -0.772. The molecular formula is C20H28FN7O5. The van der Waals surface area contributed by atoms with Gasteiger partial charge in [0.05, 0.1) is 6.04 Å². The van der Waals surface area contributed by atoms with E-state index < -0.39 is 48.5 Å². The van der Waals surface area contributed by atoms with Crippen LogP contribution in [-0.2, 0) is 14.4 Å². The van der Waals surface area contributed by atoms with Crippen LogP contribution < -0.4 is 21.7 Å². The van der Waals surface area contributed by atoms with E-state index in [0.717, 1.165) is 0 Å². The predicted molar refractivity (Wildman–Crippen MR) is 115 cm³/mol. The fourth-order valence-corrected chi connectivity index (χ4v) is 3.63. The van der Waals surface area contributed by atoms with Crippen molar-refractivity contribution in [1.29, 1.82) is 5.41 Å².